The first-order chi connectivity index (χ1) is 13.1. The number of hydrogen-bond donors (Lipinski definition) is 2. The standard InChI is InChI=1S/C20H23N3O3S2/c1-20(2,3)18(24)22-19(27)21-15-8-10-16(11-9-15)28(25,26)23-13-12-14-6-4-5-7-17(14)23/h4-11H,12-13H2,1-3H3,(H2,21,22,24,27). The second kappa shape index (κ2) is 7.52. The number of rotatable bonds is 3. The molecule has 8 heteroatoms. The smallest absolute Gasteiger partial charge is 0.264 e. The van der Waals surface area contributed by atoms with E-state index in [2.05, 4.69) is 10.6 Å². The first-order valence-corrected chi connectivity index (χ1v) is 10.8. The third kappa shape index (κ3) is 4.18. The molecule has 6 nitrogen and oxygen atoms in total. The van der Waals surface area contributed by atoms with Gasteiger partial charge in [0.25, 0.3) is 10.0 Å². The number of thiocarbonyl (C=S) groups is 1. The average Bonchev–Trinajstić information content (AvgIpc) is 3.06. The predicted molar refractivity (Wildman–Crippen MR) is 115 cm³/mol. The van der Waals surface area contributed by atoms with E-state index < -0.39 is 15.4 Å². The van der Waals surface area contributed by atoms with Crippen LogP contribution in [0.3, 0.4) is 0 Å². The summed E-state index contributed by atoms with van der Waals surface area (Å²) in [5.74, 6) is -0.197. The highest BCUT2D eigenvalue weighted by molar-refractivity contribution is 7.92. The van der Waals surface area contributed by atoms with Gasteiger partial charge in [-0.15, -0.1) is 0 Å². The summed E-state index contributed by atoms with van der Waals surface area (Å²) in [6, 6.07) is 13.9. The third-order valence-electron chi connectivity index (χ3n) is 4.45. The van der Waals surface area contributed by atoms with E-state index in [-0.39, 0.29) is 15.9 Å². The van der Waals surface area contributed by atoms with Crippen molar-refractivity contribution in [3.8, 4) is 0 Å². The number of hydrogen-bond acceptors (Lipinski definition) is 4. The molecule has 1 aliphatic rings. The Labute approximate surface area is 171 Å². The van der Waals surface area contributed by atoms with Gasteiger partial charge in [-0.2, -0.15) is 0 Å². The molecule has 0 bridgehead atoms. The number of fused-ring (bicyclic) bond motifs is 1. The van der Waals surface area contributed by atoms with Crippen LogP contribution in [0.4, 0.5) is 11.4 Å². The van der Waals surface area contributed by atoms with Gasteiger partial charge < -0.3 is 10.6 Å². The zero-order chi connectivity index (χ0) is 20.5. The van der Waals surface area contributed by atoms with Gasteiger partial charge in [-0.1, -0.05) is 39.0 Å². The predicted octanol–water partition coefficient (Wildman–Crippen LogP) is 3.30. The average molecular weight is 418 g/mol. The molecule has 0 aliphatic carbocycles. The summed E-state index contributed by atoms with van der Waals surface area (Å²) in [4.78, 5) is 12.2. The van der Waals surface area contributed by atoms with Gasteiger partial charge in [-0.3, -0.25) is 9.10 Å². The van der Waals surface area contributed by atoms with Crippen LogP contribution < -0.4 is 14.9 Å². The first kappa shape index (κ1) is 20.3. The fraction of sp³-hybridized carbons (Fsp3) is 0.300. The molecule has 0 saturated carbocycles. The largest absolute Gasteiger partial charge is 0.332 e. The lowest BCUT2D eigenvalue weighted by molar-refractivity contribution is -0.126. The molecule has 0 radical (unpaired) electrons. The van der Waals surface area contributed by atoms with Crippen molar-refractivity contribution in [1.82, 2.24) is 5.32 Å². The Morgan fingerprint density at radius 2 is 1.71 bits per heavy atom. The van der Waals surface area contributed by atoms with Gasteiger partial charge in [0.05, 0.1) is 10.6 Å². The number of nitrogens with one attached hydrogen (secondary N) is 2. The van der Waals surface area contributed by atoms with E-state index in [1.165, 1.54) is 16.4 Å². The van der Waals surface area contributed by atoms with Crippen molar-refractivity contribution in [3.05, 3.63) is 54.1 Å². The van der Waals surface area contributed by atoms with E-state index in [4.69, 9.17) is 12.2 Å². The lowest BCUT2D eigenvalue weighted by atomic mass is 9.96. The minimum atomic E-state index is -3.63. The maximum atomic E-state index is 13.0. The van der Waals surface area contributed by atoms with E-state index in [9.17, 15) is 13.2 Å². The van der Waals surface area contributed by atoms with Crippen molar-refractivity contribution in [2.24, 2.45) is 5.41 Å². The summed E-state index contributed by atoms with van der Waals surface area (Å²) in [6.07, 6.45) is 0.705. The molecule has 0 aromatic heterocycles. The molecule has 0 atom stereocenters. The van der Waals surface area contributed by atoms with Crippen LogP contribution >= 0.6 is 12.2 Å². The van der Waals surface area contributed by atoms with Gasteiger partial charge in [0, 0.05) is 17.6 Å². The molecule has 2 N–H and O–H groups in total. The lowest BCUT2D eigenvalue weighted by Crippen LogP contribution is -2.41. The summed E-state index contributed by atoms with van der Waals surface area (Å²) in [6.45, 7) is 5.81. The molecule has 1 amide bonds. The van der Waals surface area contributed by atoms with Crippen molar-refractivity contribution in [1.29, 1.82) is 0 Å². The van der Waals surface area contributed by atoms with E-state index in [0.29, 0.717) is 18.7 Å². The van der Waals surface area contributed by atoms with E-state index >= 15 is 0 Å². The third-order valence-corrected chi connectivity index (χ3v) is 6.48. The van der Waals surface area contributed by atoms with Gasteiger partial charge in [-0.05, 0) is 54.5 Å². The van der Waals surface area contributed by atoms with Crippen molar-refractivity contribution in [3.63, 3.8) is 0 Å². The molecule has 2 aromatic rings. The molecule has 0 fully saturated rings. The lowest BCUT2D eigenvalue weighted by Gasteiger charge is -2.20. The molecule has 0 saturated heterocycles. The maximum absolute atomic E-state index is 13.0. The van der Waals surface area contributed by atoms with Crippen molar-refractivity contribution in [2.75, 3.05) is 16.2 Å². The number of amides is 1. The van der Waals surface area contributed by atoms with Crippen LogP contribution in [0, 0.1) is 5.41 Å². The van der Waals surface area contributed by atoms with Crippen LogP contribution in [0.15, 0.2) is 53.4 Å². The molecule has 1 aliphatic heterocycles. The summed E-state index contributed by atoms with van der Waals surface area (Å²) in [5, 5.41) is 5.69. The zero-order valence-electron chi connectivity index (χ0n) is 16.0. The molecule has 0 spiro atoms. The van der Waals surface area contributed by atoms with Crippen LogP contribution in [0.5, 0.6) is 0 Å². The molecule has 1 heterocycles. The number of para-hydroxylation sites is 1. The number of sulfonamides is 1. The Balaban J connectivity index is 1.72. The van der Waals surface area contributed by atoms with E-state index in [1.807, 2.05) is 24.3 Å². The van der Waals surface area contributed by atoms with Crippen molar-refractivity contribution >= 4 is 44.6 Å². The second-order valence-electron chi connectivity index (χ2n) is 7.64. The highest BCUT2D eigenvalue weighted by atomic mass is 32.2. The van der Waals surface area contributed by atoms with Crippen LogP contribution in [0.1, 0.15) is 26.3 Å². The SMILES string of the molecule is CC(C)(C)C(=O)NC(=S)Nc1ccc(S(=O)(=O)N2CCc3ccccc32)cc1. The van der Waals surface area contributed by atoms with Gasteiger partial charge in [-0.25, -0.2) is 8.42 Å². The van der Waals surface area contributed by atoms with Gasteiger partial charge >= 0.3 is 0 Å². The summed E-state index contributed by atoms with van der Waals surface area (Å²) < 4.78 is 27.5. The summed E-state index contributed by atoms with van der Waals surface area (Å²) in [5.41, 5.74) is 1.80. The fourth-order valence-corrected chi connectivity index (χ4v) is 4.56. The first-order valence-electron chi connectivity index (χ1n) is 8.92. The molecule has 2 aromatic carbocycles. The second-order valence-corrected chi connectivity index (χ2v) is 9.91. The zero-order valence-corrected chi connectivity index (χ0v) is 17.7. The Kier molecular flexibility index (Phi) is 5.45. The summed E-state index contributed by atoms with van der Waals surface area (Å²) in [7, 11) is -3.63. The normalized spacial score (nSPS) is 13.8. The molecule has 28 heavy (non-hydrogen) atoms. The summed E-state index contributed by atoms with van der Waals surface area (Å²) >= 11 is 5.15. The Hall–Kier alpha value is -2.45. The van der Waals surface area contributed by atoms with Gasteiger partial charge in [0.1, 0.15) is 0 Å². The van der Waals surface area contributed by atoms with Crippen LogP contribution in [0.2, 0.25) is 0 Å². The number of carbonyl (C=O) groups is 1. The number of nitrogens with zero attached hydrogens (tertiary/aromatic N) is 1. The number of carbonyl (C=O) groups excluding carboxylic acids is 1. The molecule has 3 rings (SSSR count). The van der Waals surface area contributed by atoms with Crippen LogP contribution in [-0.2, 0) is 21.2 Å². The highest BCUT2D eigenvalue weighted by Crippen LogP contribution is 2.32. The van der Waals surface area contributed by atoms with Crippen LogP contribution in [-0.4, -0.2) is 26.0 Å². The molecule has 148 valence electrons. The Morgan fingerprint density at radius 1 is 1.07 bits per heavy atom. The maximum Gasteiger partial charge on any atom is 0.264 e. The van der Waals surface area contributed by atoms with Gasteiger partial charge in [0.2, 0.25) is 5.91 Å². The van der Waals surface area contributed by atoms with E-state index in [0.717, 1.165) is 11.3 Å². The van der Waals surface area contributed by atoms with E-state index in [1.54, 1.807) is 32.9 Å². The van der Waals surface area contributed by atoms with Crippen molar-refractivity contribution in [2.45, 2.75) is 32.1 Å². The Bertz CT molecular complexity index is 1010. The highest BCUT2D eigenvalue weighted by Gasteiger charge is 2.30. The van der Waals surface area contributed by atoms with Gasteiger partial charge in [0.15, 0.2) is 5.11 Å². The number of anilines is 2. The Morgan fingerprint density at radius 3 is 2.36 bits per heavy atom. The number of benzene rings is 2. The molecular formula is C20H23N3O3S2. The minimum absolute atomic E-state index is 0.170. The molecular weight excluding hydrogens is 394 g/mol. The quantitative estimate of drug-likeness (QED) is 0.750. The molecule has 0 unspecified atom stereocenters. The monoisotopic (exact) mass is 417 g/mol. The minimum Gasteiger partial charge on any atom is -0.332 e. The van der Waals surface area contributed by atoms with Crippen LogP contribution in [0.25, 0.3) is 0 Å². The van der Waals surface area contributed by atoms with Crippen molar-refractivity contribution < 1.29 is 13.2 Å². The topological polar surface area (TPSA) is 78.5 Å². The fourth-order valence-electron chi connectivity index (χ4n) is 2.85.